The van der Waals surface area contributed by atoms with Crippen LogP contribution in [-0.2, 0) is 14.3 Å². The molecule has 0 saturated heterocycles. The van der Waals surface area contributed by atoms with Crippen molar-refractivity contribution < 1.29 is 14.3 Å². The minimum atomic E-state index is -0.657. The maximum absolute atomic E-state index is 11.2. The quantitative estimate of drug-likeness (QED) is 0.493. The number of rotatable bonds is 7. The molecule has 0 aliphatic heterocycles. The highest BCUT2D eigenvalue weighted by Gasteiger charge is 2.14. The molecule has 0 saturated carbocycles. The Morgan fingerprint density at radius 2 is 2.07 bits per heavy atom. The number of unbranched alkanes of at least 4 members (excludes halogenated alkanes) is 1. The number of Topliss-reactive ketones (excluding diaryl/α,β-unsaturated/α-hetero) is 1. The van der Waals surface area contributed by atoms with E-state index in [9.17, 15) is 9.59 Å². The molecular weight excluding hydrogens is 182 g/mol. The molecule has 0 aliphatic rings. The molecule has 0 radical (unpaired) electrons. The molecular formula is C10H19NO3. The van der Waals surface area contributed by atoms with Crippen LogP contribution in [0.2, 0.25) is 0 Å². The minimum Gasteiger partial charge on any atom is -0.465 e. The summed E-state index contributed by atoms with van der Waals surface area (Å²) in [5, 5.41) is 0. The van der Waals surface area contributed by atoms with Gasteiger partial charge in [-0.25, -0.2) is 0 Å². The molecule has 1 unspecified atom stereocenters. The first-order chi connectivity index (χ1) is 6.57. The van der Waals surface area contributed by atoms with E-state index in [4.69, 9.17) is 10.5 Å². The fourth-order valence-electron chi connectivity index (χ4n) is 0.901. The molecule has 0 bridgehead atoms. The highest BCUT2D eigenvalue weighted by molar-refractivity contribution is 5.78. The third-order valence-corrected chi connectivity index (χ3v) is 1.85. The van der Waals surface area contributed by atoms with E-state index in [-0.39, 0.29) is 5.78 Å². The molecule has 2 N–H and O–H groups in total. The lowest BCUT2D eigenvalue weighted by Gasteiger charge is -2.09. The first-order valence-electron chi connectivity index (χ1n) is 4.99. The van der Waals surface area contributed by atoms with Gasteiger partial charge in [0.05, 0.1) is 6.61 Å². The lowest BCUT2D eigenvalue weighted by Crippen LogP contribution is -2.32. The summed E-state index contributed by atoms with van der Waals surface area (Å²) in [4.78, 5) is 21.8. The fraction of sp³-hybridized carbons (Fsp3) is 0.800. The number of ether oxygens (including phenoxy) is 1. The van der Waals surface area contributed by atoms with Gasteiger partial charge in [-0.3, -0.25) is 4.79 Å². The smallest absolute Gasteiger partial charge is 0.322 e. The Balaban J connectivity index is 3.59. The number of nitrogens with two attached hydrogens (primary N) is 1. The fourth-order valence-corrected chi connectivity index (χ4v) is 0.901. The lowest BCUT2D eigenvalue weighted by atomic mass is 10.1. The van der Waals surface area contributed by atoms with Gasteiger partial charge in [0, 0.05) is 6.42 Å². The zero-order valence-electron chi connectivity index (χ0n) is 8.91. The molecule has 0 rings (SSSR count). The summed E-state index contributed by atoms with van der Waals surface area (Å²) in [5.74, 6) is -0.360. The number of esters is 1. The molecule has 0 aromatic carbocycles. The van der Waals surface area contributed by atoms with E-state index < -0.39 is 12.0 Å². The summed E-state index contributed by atoms with van der Waals surface area (Å²) in [5.41, 5.74) is 5.52. The highest BCUT2D eigenvalue weighted by Crippen LogP contribution is 1.99. The average molecular weight is 201 g/mol. The van der Waals surface area contributed by atoms with Gasteiger partial charge in [-0.1, -0.05) is 13.3 Å². The number of ketones is 1. The van der Waals surface area contributed by atoms with Crippen LogP contribution >= 0.6 is 0 Å². The summed E-state index contributed by atoms with van der Waals surface area (Å²) in [7, 11) is 0. The van der Waals surface area contributed by atoms with Gasteiger partial charge in [0.15, 0.2) is 0 Å². The number of hydrogen-bond acceptors (Lipinski definition) is 4. The molecule has 4 heteroatoms. The molecule has 0 aromatic rings. The molecule has 1 atom stereocenters. The molecule has 14 heavy (non-hydrogen) atoms. The Labute approximate surface area is 84.8 Å². The van der Waals surface area contributed by atoms with Crippen molar-refractivity contribution in [2.75, 3.05) is 6.61 Å². The van der Waals surface area contributed by atoms with Crippen LogP contribution in [0, 0.1) is 0 Å². The SMILES string of the molecule is CCCCOC(=O)C(N)CCC(C)=O. The maximum atomic E-state index is 11.2. The van der Waals surface area contributed by atoms with Gasteiger partial charge in [0.25, 0.3) is 0 Å². The van der Waals surface area contributed by atoms with Crippen LogP contribution in [0.3, 0.4) is 0 Å². The summed E-state index contributed by atoms with van der Waals surface area (Å²) in [6, 6.07) is -0.657. The second-order valence-electron chi connectivity index (χ2n) is 3.37. The topological polar surface area (TPSA) is 69.4 Å². The molecule has 0 fully saturated rings. The van der Waals surface area contributed by atoms with Gasteiger partial charge in [0.1, 0.15) is 11.8 Å². The Morgan fingerprint density at radius 1 is 1.43 bits per heavy atom. The number of hydrogen-bond donors (Lipinski definition) is 1. The van der Waals surface area contributed by atoms with Crippen molar-refractivity contribution in [2.24, 2.45) is 5.73 Å². The van der Waals surface area contributed by atoms with Crippen molar-refractivity contribution in [2.45, 2.75) is 45.6 Å². The highest BCUT2D eigenvalue weighted by atomic mass is 16.5. The van der Waals surface area contributed by atoms with E-state index >= 15 is 0 Å². The zero-order chi connectivity index (χ0) is 11.0. The molecule has 82 valence electrons. The number of carbonyl (C=O) groups excluding carboxylic acids is 2. The Bertz CT molecular complexity index is 192. The van der Waals surface area contributed by atoms with E-state index in [0.29, 0.717) is 19.4 Å². The van der Waals surface area contributed by atoms with E-state index in [0.717, 1.165) is 12.8 Å². The van der Waals surface area contributed by atoms with Crippen LogP contribution in [0.4, 0.5) is 0 Å². The van der Waals surface area contributed by atoms with Crippen molar-refractivity contribution in [1.82, 2.24) is 0 Å². The van der Waals surface area contributed by atoms with Crippen molar-refractivity contribution in [3.05, 3.63) is 0 Å². The summed E-state index contributed by atoms with van der Waals surface area (Å²) < 4.78 is 4.90. The van der Waals surface area contributed by atoms with Crippen molar-refractivity contribution in [3.63, 3.8) is 0 Å². The molecule has 0 heterocycles. The summed E-state index contributed by atoms with van der Waals surface area (Å²) in [6.07, 6.45) is 2.55. The van der Waals surface area contributed by atoms with Crippen molar-refractivity contribution in [1.29, 1.82) is 0 Å². The summed E-state index contributed by atoms with van der Waals surface area (Å²) in [6.45, 7) is 3.92. The molecule has 0 spiro atoms. The third kappa shape index (κ3) is 6.60. The lowest BCUT2D eigenvalue weighted by molar-refractivity contribution is -0.145. The number of carbonyl (C=O) groups is 2. The standard InChI is InChI=1S/C10H19NO3/c1-3-4-7-14-10(13)9(11)6-5-8(2)12/h9H,3-7,11H2,1-2H3. The van der Waals surface area contributed by atoms with E-state index in [1.807, 2.05) is 6.92 Å². The monoisotopic (exact) mass is 201 g/mol. The van der Waals surface area contributed by atoms with Crippen molar-refractivity contribution in [3.8, 4) is 0 Å². The van der Waals surface area contributed by atoms with Gasteiger partial charge >= 0.3 is 5.97 Å². The van der Waals surface area contributed by atoms with Crippen LogP contribution in [0.25, 0.3) is 0 Å². The molecule has 4 nitrogen and oxygen atoms in total. The van der Waals surface area contributed by atoms with Gasteiger partial charge in [-0.15, -0.1) is 0 Å². The third-order valence-electron chi connectivity index (χ3n) is 1.85. The van der Waals surface area contributed by atoms with Crippen molar-refractivity contribution >= 4 is 11.8 Å². The van der Waals surface area contributed by atoms with Crippen LogP contribution in [-0.4, -0.2) is 24.4 Å². The first kappa shape index (κ1) is 13.1. The Hall–Kier alpha value is -0.900. The predicted octanol–water partition coefficient (Wildman–Crippen LogP) is 1.03. The predicted molar refractivity (Wildman–Crippen MR) is 53.8 cm³/mol. The normalized spacial score (nSPS) is 12.2. The molecule has 0 aliphatic carbocycles. The molecule has 0 aromatic heterocycles. The van der Waals surface area contributed by atoms with Crippen LogP contribution in [0.15, 0.2) is 0 Å². The van der Waals surface area contributed by atoms with Gasteiger partial charge in [-0.2, -0.15) is 0 Å². The van der Waals surface area contributed by atoms with Gasteiger partial charge < -0.3 is 15.3 Å². The maximum Gasteiger partial charge on any atom is 0.322 e. The van der Waals surface area contributed by atoms with Gasteiger partial charge in [0.2, 0.25) is 0 Å². The minimum absolute atomic E-state index is 0.0433. The van der Waals surface area contributed by atoms with E-state index in [1.54, 1.807) is 0 Å². The second-order valence-corrected chi connectivity index (χ2v) is 3.37. The van der Waals surface area contributed by atoms with E-state index in [1.165, 1.54) is 6.92 Å². The molecule has 0 amide bonds. The van der Waals surface area contributed by atoms with Gasteiger partial charge in [-0.05, 0) is 19.8 Å². The zero-order valence-corrected chi connectivity index (χ0v) is 8.91. The Morgan fingerprint density at radius 3 is 2.57 bits per heavy atom. The van der Waals surface area contributed by atoms with E-state index in [2.05, 4.69) is 0 Å². The second kappa shape index (κ2) is 7.50. The average Bonchev–Trinajstić information content (AvgIpc) is 2.14. The van der Waals surface area contributed by atoms with Crippen LogP contribution in [0.1, 0.15) is 39.5 Å². The van der Waals surface area contributed by atoms with Crippen LogP contribution in [0.5, 0.6) is 0 Å². The largest absolute Gasteiger partial charge is 0.465 e. The summed E-state index contributed by atoms with van der Waals surface area (Å²) >= 11 is 0. The van der Waals surface area contributed by atoms with Crippen LogP contribution < -0.4 is 5.73 Å². The Kier molecular flexibility index (Phi) is 7.02. The first-order valence-corrected chi connectivity index (χ1v) is 4.99.